The Morgan fingerprint density at radius 1 is 0.388 bits per heavy atom. The van der Waals surface area contributed by atoms with Gasteiger partial charge in [0, 0.05) is 19.3 Å². The second-order valence-electron chi connectivity index (χ2n) is 27.7. The predicted molar refractivity (Wildman–Crippen MR) is 370 cm³/mol. The molecule has 3 aliphatic rings. The van der Waals surface area contributed by atoms with E-state index in [0.717, 1.165) is 96.3 Å². The third-order valence-corrected chi connectivity index (χ3v) is 20.0. The lowest BCUT2D eigenvalue weighted by atomic mass is 9.84. The molecule has 98 heavy (non-hydrogen) atoms. The second-order valence-corrected chi connectivity index (χ2v) is 29.1. The van der Waals surface area contributed by atoms with Gasteiger partial charge in [0.2, 0.25) is 0 Å². The van der Waals surface area contributed by atoms with Gasteiger partial charge >= 0.3 is 25.7 Å². The van der Waals surface area contributed by atoms with Gasteiger partial charge in [0.05, 0.1) is 13.2 Å². The van der Waals surface area contributed by atoms with Crippen molar-refractivity contribution in [2.24, 2.45) is 0 Å². The number of carbonyl (C=O) groups is 3. The van der Waals surface area contributed by atoms with Gasteiger partial charge in [-0.2, -0.15) is 0 Å². The fourth-order valence-electron chi connectivity index (χ4n) is 12.8. The van der Waals surface area contributed by atoms with Crippen molar-refractivity contribution in [3.63, 3.8) is 0 Å². The van der Waals surface area contributed by atoms with E-state index in [-0.39, 0.29) is 19.3 Å². The number of rotatable bonds is 60. The van der Waals surface area contributed by atoms with E-state index in [4.69, 9.17) is 42.2 Å². The van der Waals surface area contributed by atoms with E-state index in [1.54, 1.807) is 0 Å². The van der Waals surface area contributed by atoms with Crippen LogP contribution >= 0.6 is 7.82 Å². The minimum atomic E-state index is -5.70. The Hall–Kier alpha value is -2.30. The van der Waals surface area contributed by atoms with Crippen LogP contribution in [0, 0.1) is 0 Å². The summed E-state index contributed by atoms with van der Waals surface area (Å²) in [5, 5.41) is 110. The molecule has 11 N–H and O–H groups in total. The van der Waals surface area contributed by atoms with E-state index in [9.17, 15) is 74.9 Å². The highest BCUT2D eigenvalue weighted by molar-refractivity contribution is 7.47. The molecule has 0 aromatic carbocycles. The van der Waals surface area contributed by atoms with Gasteiger partial charge in [-0.3, -0.25) is 23.4 Å². The van der Waals surface area contributed by atoms with E-state index in [1.165, 1.54) is 148 Å². The third-order valence-electron chi connectivity index (χ3n) is 19.0. The van der Waals surface area contributed by atoms with Gasteiger partial charge in [-0.05, 0) is 44.9 Å². The van der Waals surface area contributed by atoms with Gasteiger partial charge in [0.1, 0.15) is 98.7 Å². The third kappa shape index (κ3) is 37.9. The zero-order valence-corrected chi connectivity index (χ0v) is 61.0. The molecule has 3 fully saturated rings. The smallest absolute Gasteiger partial charge is 0.463 e. The Morgan fingerprint density at radius 3 is 1.11 bits per heavy atom. The fourth-order valence-corrected chi connectivity index (χ4v) is 13.7. The number of phosphoric ester groups is 1. The number of unbranched alkanes of at least 4 members (excludes halogenated alkanes) is 37. The van der Waals surface area contributed by atoms with Crippen LogP contribution in [0.1, 0.15) is 303 Å². The van der Waals surface area contributed by atoms with Crippen LogP contribution in [0.3, 0.4) is 0 Å². The maximum absolute atomic E-state index is 14.3. The summed E-state index contributed by atoms with van der Waals surface area (Å²) in [5.74, 6) is -2.00. The van der Waals surface area contributed by atoms with Crippen molar-refractivity contribution in [3.05, 3.63) is 12.2 Å². The van der Waals surface area contributed by atoms with Crippen molar-refractivity contribution < 1.29 is 117 Å². The van der Waals surface area contributed by atoms with Crippen LogP contribution in [0.2, 0.25) is 0 Å². The van der Waals surface area contributed by atoms with Gasteiger partial charge in [0.15, 0.2) is 18.7 Å². The van der Waals surface area contributed by atoms with Gasteiger partial charge in [-0.1, -0.05) is 251 Å². The van der Waals surface area contributed by atoms with Gasteiger partial charge < -0.3 is 89.1 Å². The summed E-state index contributed by atoms with van der Waals surface area (Å²) in [4.78, 5) is 51.0. The van der Waals surface area contributed by atoms with Crippen molar-refractivity contribution in [3.8, 4) is 0 Å². The largest absolute Gasteiger partial charge is 0.472 e. The van der Waals surface area contributed by atoms with Crippen LogP contribution in [0.25, 0.3) is 0 Å². The van der Waals surface area contributed by atoms with Crippen molar-refractivity contribution in [1.29, 1.82) is 0 Å². The van der Waals surface area contributed by atoms with Gasteiger partial charge in [-0.15, -0.1) is 0 Å². The molecule has 2 aliphatic heterocycles. The molecule has 1 aliphatic carbocycles. The first-order valence-electron chi connectivity index (χ1n) is 38.5. The highest BCUT2D eigenvalue weighted by atomic mass is 31.2. The first-order valence-corrected chi connectivity index (χ1v) is 40.0. The molecule has 0 bridgehead atoms. The Balaban J connectivity index is 1.72. The molecule has 0 amide bonds. The summed E-state index contributed by atoms with van der Waals surface area (Å²) in [6, 6.07) is 0. The standard InChI is InChI=1S/C73H135O24P/c1-4-7-10-13-16-19-22-25-27-28-31-33-36-39-42-45-48-58(76)90-53-56-61(79)63(81)68(86)73(94-56)96-70-66(84)64(82)65(83)69(95-72-67(85)62(80)60(78)55(50-74)93-72)71(70)97-98(87,88)91-52-54(92-59(77)49-46-43-40-37-34-29-24-21-18-15-12-9-6-3)51-89-57(75)47-44-41-38-35-32-30-26-23-20-17-14-11-8-5-2/h30,32,54-56,60-74,78-86H,4-29,31,33-53H2,1-3H3,(H,87,88)/b32-30-. The lowest BCUT2D eigenvalue weighted by Gasteiger charge is -2.49. The van der Waals surface area contributed by atoms with E-state index in [0.29, 0.717) is 19.3 Å². The second kappa shape index (κ2) is 55.2. The monoisotopic (exact) mass is 1430 g/mol. The van der Waals surface area contributed by atoms with E-state index in [1.807, 2.05) is 0 Å². The molecular formula is C73H135O24P. The summed E-state index contributed by atoms with van der Waals surface area (Å²) in [6.45, 7) is 3.45. The average molecular weight is 1430 g/mol. The number of hydrogen-bond donors (Lipinski definition) is 11. The van der Waals surface area contributed by atoms with Crippen LogP contribution in [0.4, 0.5) is 0 Å². The molecule has 0 aromatic rings. The Labute approximate surface area is 586 Å². The number of hydrogen-bond acceptors (Lipinski definition) is 23. The number of carbonyl (C=O) groups excluding carboxylic acids is 3. The number of esters is 3. The maximum atomic E-state index is 14.3. The minimum Gasteiger partial charge on any atom is -0.463 e. The fraction of sp³-hybridized carbons (Fsp3) is 0.932. The van der Waals surface area contributed by atoms with E-state index >= 15 is 0 Å². The van der Waals surface area contributed by atoms with Gasteiger partial charge in [-0.25, -0.2) is 4.57 Å². The molecular weight excluding hydrogens is 1290 g/mol. The summed E-state index contributed by atoms with van der Waals surface area (Å²) in [5.41, 5.74) is 0. The molecule has 0 aromatic heterocycles. The molecule has 2 saturated heterocycles. The summed E-state index contributed by atoms with van der Waals surface area (Å²) >= 11 is 0. The molecule has 2 heterocycles. The van der Waals surface area contributed by atoms with Gasteiger partial charge in [0.25, 0.3) is 0 Å². The van der Waals surface area contributed by atoms with Crippen LogP contribution in [-0.4, -0.2) is 204 Å². The van der Waals surface area contributed by atoms with Crippen molar-refractivity contribution in [1.82, 2.24) is 0 Å². The molecule has 576 valence electrons. The van der Waals surface area contributed by atoms with Crippen LogP contribution in [-0.2, 0) is 61.2 Å². The Kier molecular flexibility index (Phi) is 50.7. The minimum absolute atomic E-state index is 0.0279. The number of phosphoric acid groups is 1. The lowest BCUT2D eigenvalue weighted by molar-refractivity contribution is -0.360. The summed E-state index contributed by atoms with van der Waals surface area (Å²) in [7, 11) is -5.70. The zero-order chi connectivity index (χ0) is 71.8. The number of aliphatic hydroxyl groups excluding tert-OH is 10. The quantitative estimate of drug-likeness (QED) is 0.00886. The highest BCUT2D eigenvalue weighted by Crippen LogP contribution is 2.49. The predicted octanol–water partition coefficient (Wildman–Crippen LogP) is 10.7. The van der Waals surface area contributed by atoms with Crippen LogP contribution in [0.5, 0.6) is 0 Å². The average Bonchev–Trinajstić information content (AvgIpc) is 0.774. The molecule has 0 spiro atoms. The number of allylic oxidation sites excluding steroid dienone is 2. The van der Waals surface area contributed by atoms with Crippen LogP contribution in [0.15, 0.2) is 12.2 Å². The molecule has 18 unspecified atom stereocenters. The SMILES string of the molecule is CCCCCCCCC/C=C\CCCCCC(=O)OCC(COP(=O)(O)OC1C(OC2OC(CO)C(O)C(O)C2O)C(O)C(O)C(O)C1OC1OC(COC(=O)CCCCCCCCCCCCCCCCCC)C(O)C(O)C1O)OC(=O)CCCCCCCCCCCCCCC. The molecule has 1 saturated carbocycles. The first kappa shape index (κ1) is 89.9. The maximum Gasteiger partial charge on any atom is 0.472 e. The van der Waals surface area contributed by atoms with E-state index < -0.39 is 156 Å². The molecule has 18 atom stereocenters. The van der Waals surface area contributed by atoms with Crippen molar-refractivity contribution in [2.75, 3.05) is 26.4 Å². The summed E-state index contributed by atoms with van der Waals surface area (Å²) < 4.78 is 65.0. The zero-order valence-electron chi connectivity index (χ0n) is 60.1. The lowest BCUT2D eigenvalue weighted by Crippen LogP contribution is -2.69. The van der Waals surface area contributed by atoms with E-state index in [2.05, 4.69) is 32.9 Å². The highest BCUT2D eigenvalue weighted by Gasteiger charge is 2.58. The topological polar surface area (TPSA) is 374 Å². The van der Waals surface area contributed by atoms with Crippen LogP contribution < -0.4 is 0 Å². The molecule has 3 rings (SSSR count). The van der Waals surface area contributed by atoms with Crippen molar-refractivity contribution >= 4 is 25.7 Å². The molecule has 24 nitrogen and oxygen atoms in total. The normalized spacial score (nSPS) is 27.7. The number of ether oxygens (including phenoxy) is 7. The Morgan fingerprint density at radius 2 is 0.714 bits per heavy atom. The van der Waals surface area contributed by atoms with Crippen molar-refractivity contribution in [2.45, 2.75) is 407 Å². The Bertz CT molecular complexity index is 2080. The number of aliphatic hydroxyl groups is 10. The summed E-state index contributed by atoms with van der Waals surface area (Å²) in [6.07, 6.45) is 14.2. The molecule has 0 radical (unpaired) electrons. The molecule has 25 heteroatoms. The first-order chi connectivity index (χ1) is 47.3.